The van der Waals surface area contributed by atoms with Crippen molar-refractivity contribution >= 4 is 10.9 Å². The first kappa shape index (κ1) is 8.53. The highest BCUT2D eigenvalue weighted by Gasteiger charge is 2.11. The van der Waals surface area contributed by atoms with Crippen LogP contribution in [-0.4, -0.2) is 11.2 Å². The molecular weight excluding hydrogens is 190 g/mol. The SMILES string of the molecule is O=c1ccn2c3c(cccc13)OCCC2. The van der Waals surface area contributed by atoms with Crippen LogP contribution in [0.2, 0.25) is 0 Å². The first-order valence-corrected chi connectivity index (χ1v) is 5.11. The number of para-hydroxylation sites is 1. The van der Waals surface area contributed by atoms with Gasteiger partial charge in [-0.15, -0.1) is 0 Å². The molecule has 0 radical (unpaired) electrons. The lowest BCUT2D eigenvalue weighted by Gasteiger charge is -2.08. The van der Waals surface area contributed by atoms with Crippen LogP contribution in [-0.2, 0) is 6.54 Å². The number of hydrogen-bond donors (Lipinski definition) is 0. The minimum Gasteiger partial charge on any atom is -0.491 e. The van der Waals surface area contributed by atoms with Gasteiger partial charge in [0.15, 0.2) is 5.43 Å². The van der Waals surface area contributed by atoms with Crippen molar-refractivity contribution in [1.82, 2.24) is 4.57 Å². The smallest absolute Gasteiger partial charge is 0.189 e. The van der Waals surface area contributed by atoms with E-state index >= 15 is 0 Å². The van der Waals surface area contributed by atoms with E-state index < -0.39 is 0 Å². The second-order valence-electron chi connectivity index (χ2n) is 3.73. The molecule has 0 N–H and O–H groups in total. The number of rotatable bonds is 0. The fraction of sp³-hybridized carbons (Fsp3) is 0.250. The molecule has 0 bridgehead atoms. The van der Waals surface area contributed by atoms with Crippen molar-refractivity contribution in [2.75, 3.05) is 6.61 Å². The highest BCUT2D eigenvalue weighted by Crippen LogP contribution is 2.25. The monoisotopic (exact) mass is 201 g/mol. The summed E-state index contributed by atoms with van der Waals surface area (Å²) in [6, 6.07) is 7.27. The van der Waals surface area contributed by atoms with Crippen LogP contribution >= 0.6 is 0 Å². The molecule has 1 aliphatic rings. The normalized spacial score (nSPS) is 14.7. The molecule has 0 atom stereocenters. The Labute approximate surface area is 86.9 Å². The number of nitrogens with zero attached hydrogens (tertiary/aromatic N) is 1. The third-order valence-corrected chi connectivity index (χ3v) is 2.76. The minimum absolute atomic E-state index is 0.0635. The van der Waals surface area contributed by atoms with E-state index in [1.807, 2.05) is 24.4 Å². The van der Waals surface area contributed by atoms with Crippen LogP contribution in [0.4, 0.5) is 0 Å². The molecule has 0 spiro atoms. The lowest BCUT2D eigenvalue weighted by Crippen LogP contribution is -2.07. The standard InChI is InChI=1S/C12H11NO2/c14-10-5-7-13-6-2-8-15-11-4-1-3-9(10)12(11)13/h1,3-5,7H,2,6,8H2. The van der Waals surface area contributed by atoms with Crippen LogP contribution in [0.1, 0.15) is 6.42 Å². The van der Waals surface area contributed by atoms with Gasteiger partial charge in [-0.25, -0.2) is 0 Å². The molecule has 2 heterocycles. The Hall–Kier alpha value is -1.77. The summed E-state index contributed by atoms with van der Waals surface area (Å²) in [6.45, 7) is 1.63. The molecule has 0 aliphatic carbocycles. The van der Waals surface area contributed by atoms with E-state index in [-0.39, 0.29) is 5.43 Å². The molecule has 0 unspecified atom stereocenters. The number of aromatic nitrogens is 1. The van der Waals surface area contributed by atoms with Gasteiger partial charge >= 0.3 is 0 Å². The average molecular weight is 201 g/mol. The number of ether oxygens (including phenoxy) is 1. The number of hydrogen-bond acceptors (Lipinski definition) is 2. The average Bonchev–Trinajstić information content (AvgIpc) is 2.47. The van der Waals surface area contributed by atoms with Crippen LogP contribution in [0.15, 0.2) is 35.3 Å². The Morgan fingerprint density at radius 3 is 3.13 bits per heavy atom. The summed E-state index contributed by atoms with van der Waals surface area (Å²) in [5.41, 5.74) is 0.996. The molecule has 15 heavy (non-hydrogen) atoms. The minimum atomic E-state index is 0.0635. The quantitative estimate of drug-likeness (QED) is 0.650. The van der Waals surface area contributed by atoms with Gasteiger partial charge in [0.05, 0.1) is 12.1 Å². The fourth-order valence-electron chi connectivity index (χ4n) is 2.06. The van der Waals surface area contributed by atoms with Crippen molar-refractivity contribution in [3.8, 4) is 5.75 Å². The van der Waals surface area contributed by atoms with Crippen LogP contribution in [0.5, 0.6) is 5.75 Å². The predicted molar refractivity (Wildman–Crippen MR) is 58.3 cm³/mol. The first-order chi connectivity index (χ1) is 7.36. The molecule has 3 rings (SSSR count). The van der Waals surface area contributed by atoms with Crippen LogP contribution in [0.25, 0.3) is 10.9 Å². The third-order valence-electron chi connectivity index (χ3n) is 2.76. The van der Waals surface area contributed by atoms with Gasteiger partial charge in [-0.1, -0.05) is 6.07 Å². The maximum Gasteiger partial charge on any atom is 0.189 e. The van der Waals surface area contributed by atoms with Crippen molar-refractivity contribution in [3.63, 3.8) is 0 Å². The van der Waals surface area contributed by atoms with Crippen LogP contribution < -0.4 is 10.2 Å². The molecule has 3 nitrogen and oxygen atoms in total. The number of pyridine rings is 1. The summed E-state index contributed by atoms with van der Waals surface area (Å²) in [7, 11) is 0. The van der Waals surface area contributed by atoms with Crippen molar-refractivity contribution in [2.24, 2.45) is 0 Å². The highest BCUT2D eigenvalue weighted by molar-refractivity contribution is 5.84. The second-order valence-corrected chi connectivity index (χ2v) is 3.73. The maximum atomic E-state index is 11.7. The third kappa shape index (κ3) is 1.23. The van der Waals surface area contributed by atoms with Crippen LogP contribution in [0.3, 0.4) is 0 Å². The Bertz CT molecular complexity index is 559. The lowest BCUT2D eigenvalue weighted by atomic mass is 10.2. The molecular formula is C12H11NO2. The molecule has 0 saturated heterocycles. The summed E-state index contributed by atoms with van der Waals surface area (Å²) in [5, 5.41) is 0.747. The summed E-state index contributed by atoms with van der Waals surface area (Å²) >= 11 is 0. The van der Waals surface area contributed by atoms with E-state index in [0.717, 1.165) is 36.2 Å². The van der Waals surface area contributed by atoms with Gasteiger partial charge in [-0.3, -0.25) is 4.79 Å². The Morgan fingerprint density at radius 1 is 1.27 bits per heavy atom. The van der Waals surface area contributed by atoms with Crippen molar-refractivity contribution < 1.29 is 4.74 Å². The predicted octanol–water partition coefficient (Wildman–Crippen LogP) is 1.78. The zero-order valence-electron chi connectivity index (χ0n) is 8.27. The summed E-state index contributed by atoms with van der Waals surface area (Å²) in [6.07, 6.45) is 2.83. The van der Waals surface area contributed by atoms with Crippen molar-refractivity contribution in [2.45, 2.75) is 13.0 Å². The van der Waals surface area contributed by atoms with Gasteiger partial charge in [0, 0.05) is 24.2 Å². The Balaban J connectivity index is 2.49. The van der Waals surface area contributed by atoms with E-state index in [1.165, 1.54) is 0 Å². The zero-order chi connectivity index (χ0) is 10.3. The topological polar surface area (TPSA) is 31.2 Å². The molecule has 0 saturated carbocycles. The van der Waals surface area contributed by atoms with E-state index in [0.29, 0.717) is 0 Å². The van der Waals surface area contributed by atoms with Gasteiger partial charge in [0.25, 0.3) is 0 Å². The molecule has 2 aromatic rings. The van der Waals surface area contributed by atoms with Gasteiger partial charge in [-0.05, 0) is 18.6 Å². The second kappa shape index (κ2) is 3.12. The van der Waals surface area contributed by atoms with E-state index in [1.54, 1.807) is 6.07 Å². The maximum absolute atomic E-state index is 11.7. The van der Waals surface area contributed by atoms with E-state index in [4.69, 9.17) is 4.74 Å². The van der Waals surface area contributed by atoms with Gasteiger partial charge in [0.2, 0.25) is 0 Å². The van der Waals surface area contributed by atoms with E-state index in [2.05, 4.69) is 4.57 Å². The Morgan fingerprint density at radius 2 is 2.20 bits per heavy atom. The summed E-state index contributed by atoms with van der Waals surface area (Å²) in [4.78, 5) is 11.7. The number of benzene rings is 1. The molecule has 0 fully saturated rings. The van der Waals surface area contributed by atoms with E-state index in [9.17, 15) is 4.79 Å². The number of aryl methyl sites for hydroxylation is 1. The highest BCUT2D eigenvalue weighted by atomic mass is 16.5. The van der Waals surface area contributed by atoms with Crippen LogP contribution in [0, 0.1) is 0 Å². The summed E-state index contributed by atoms with van der Waals surface area (Å²) in [5.74, 6) is 0.822. The van der Waals surface area contributed by atoms with Gasteiger partial charge in [0.1, 0.15) is 5.75 Å². The molecule has 3 heteroatoms. The van der Waals surface area contributed by atoms with Gasteiger partial charge < -0.3 is 9.30 Å². The van der Waals surface area contributed by atoms with Crippen molar-refractivity contribution in [3.05, 3.63) is 40.7 Å². The Kier molecular flexibility index (Phi) is 1.78. The fourth-order valence-corrected chi connectivity index (χ4v) is 2.06. The van der Waals surface area contributed by atoms with Crippen molar-refractivity contribution in [1.29, 1.82) is 0 Å². The largest absolute Gasteiger partial charge is 0.491 e. The molecule has 1 aromatic carbocycles. The molecule has 1 aromatic heterocycles. The molecule has 0 amide bonds. The molecule has 76 valence electrons. The molecule has 1 aliphatic heterocycles. The van der Waals surface area contributed by atoms with Gasteiger partial charge in [-0.2, -0.15) is 0 Å². The first-order valence-electron chi connectivity index (χ1n) is 5.11. The lowest BCUT2D eigenvalue weighted by molar-refractivity contribution is 0.316. The zero-order valence-corrected chi connectivity index (χ0v) is 8.27. The summed E-state index contributed by atoms with van der Waals surface area (Å²) < 4.78 is 7.71.